The maximum absolute atomic E-state index is 13.1. The highest BCUT2D eigenvalue weighted by molar-refractivity contribution is 6.07. The van der Waals surface area contributed by atoms with Gasteiger partial charge in [0.2, 0.25) is 0 Å². The molecule has 1 aromatic rings. The number of aryl methyl sites for hydroxylation is 1. The van der Waals surface area contributed by atoms with Crippen LogP contribution in [0.4, 0.5) is 4.79 Å². The van der Waals surface area contributed by atoms with Crippen molar-refractivity contribution in [1.29, 1.82) is 0 Å². The van der Waals surface area contributed by atoms with E-state index in [9.17, 15) is 9.59 Å². The SMILES string of the molecule is COCCCN1C(=O)N(CCCn2ccnc2)C(=O)C12CCNCC2. The third-order valence-corrected chi connectivity index (χ3v) is 5.14. The summed E-state index contributed by atoms with van der Waals surface area (Å²) < 4.78 is 7.08. The van der Waals surface area contributed by atoms with E-state index in [4.69, 9.17) is 4.74 Å². The smallest absolute Gasteiger partial charge is 0.327 e. The summed E-state index contributed by atoms with van der Waals surface area (Å²) in [6.07, 6.45) is 8.21. The Labute approximate surface area is 148 Å². The molecule has 1 aromatic heterocycles. The fourth-order valence-corrected chi connectivity index (χ4v) is 3.81. The van der Waals surface area contributed by atoms with E-state index >= 15 is 0 Å². The quantitative estimate of drug-likeness (QED) is 0.552. The van der Waals surface area contributed by atoms with Crippen molar-refractivity contribution in [1.82, 2.24) is 24.7 Å². The second kappa shape index (κ2) is 7.97. The van der Waals surface area contributed by atoms with Crippen molar-refractivity contribution >= 4 is 11.9 Å². The van der Waals surface area contributed by atoms with E-state index in [1.54, 1.807) is 24.5 Å². The minimum atomic E-state index is -0.662. The third-order valence-electron chi connectivity index (χ3n) is 5.14. The number of ether oxygens (including phenoxy) is 1. The molecule has 0 unspecified atom stereocenters. The second-order valence-corrected chi connectivity index (χ2v) is 6.67. The van der Waals surface area contributed by atoms with Crippen LogP contribution >= 0.6 is 0 Å². The molecule has 0 bridgehead atoms. The number of aromatic nitrogens is 2. The molecule has 2 saturated heterocycles. The van der Waals surface area contributed by atoms with Gasteiger partial charge in [-0.2, -0.15) is 0 Å². The predicted octanol–water partition coefficient (Wildman–Crippen LogP) is 0.696. The van der Waals surface area contributed by atoms with Crippen LogP contribution in [0.15, 0.2) is 18.7 Å². The lowest BCUT2D eigenvalue weighted by molar-refractivity contribution is -0.134. The summed E-state index contributed by atoms with van der Waals surface area (Å²) in [5.41, 5.74) is -0.662. The molecular formula is C17H27N5O3. The van der Waals surface area contributed by atoms with Gasteiger partial charge in [0.25, 0.3) is 5.91 Å². The Hall–Kier alpha value is -1.93. The molecule has 1 spiro atoms. The topological polar surface area (TPSA) is 79.7 Å². The fourth-order valence-electron chi connectivity index (χ4n) is 3.81. The second-order valence-electron chi connectivity index (χ2n) is 6.67. The maximum atomic E-state index is 13.1. The number of carbonyl (C=O) groups is 2. The average Bonchev–Trinajstić information content (AvgIpc) is 3.20. The highest BCUT2D eigenvalue weighted by Crippen LogP contribution is 2.35. The average molecular weight is 349 g/mol. The Bertz CT molecular complexity index is 583. The summed E-state index contributed by atoms with van der Waals surface area (Å²) in [6.45, 7) is 3.88. The van der Waals surface area contributed by atoms with Crippen LogP contribution in [0, 0.1) is 0 Å². The Kier molecular flexibility index (Phi) is 5.70. The molecule has 2 fully saturated rings. The molecule has 0 radical (unpaired) electrons. The molecule has 2 aliphatic heterocycles. The molecule has 0 aromatic carbocycles. The molecule has 0 aliphatic carbocycles. The van der Waals surface area contributed by atoms with E-state index in [1.165, 1.54) is 4.90 Å². The van der Waals surface area contributed by atoms with Crippen molar-refractivity contribution < 1.29 is 14.3 Å². The highest BCUT2D eigenvalue weighted by Gasteiger charge is 2.56. The van der Waals surface area contributed by atoms with Crippen LogP contribution in [0.3, 0.4) is 0 Å². The van der Waals surface area contributed by atoms with Gasteiger partial charge in [-0.25, -0.2) is 9.78 Å². The molecule has 138 valence electrons. The summed E-state index contributed by atoms with van der Waals surface area (Å²) in [5, 5.41) is 3.29. The largest absolute Gasteiger partial charge is 0.385 e. The van der Waals surface area contributed by atoms with Gasteiger partial charge in [-0.05, 0) is 38.8 Å². The van der Waals surface area contributed by atoms with Gasteiger partial charge in [0.05, 0.1) is 6.33 Å². The lowest BCUT2D eigenvalue weighted by Crippen LogP contribution is -2.56. The molecular weight excluding hydrogens is 322 g/mol. The number of rotatable bonds is 8. The van der Waals surface area contributed by atoms with Gasteiger partial charge in [0.1, 0.15) is 5.54 Å². The molecule has 1 N–H and O–H groups in total. The molecule has 0 atom stereocenters. The van der Waals surface area contributed by atoms with Crippen LogP contribution in [-0.2, 0) is 16.1 Å². The third kappa shape index (κ3) is 3.55. The standard InChI is InChI=1S/C17H27N5O3/c1-25-13-3-11-22-16(24)21(10-2-9-20-12-8-19-14-20)15(23)17(22)4-6-18-7-5-17/h8,12,14,18H,2-7,9-11,13H2,1H3. The van der Waals surface area contributed by atoms with Gasteiger partial charge in [-0.1, -0.05) is 0 Å². The number of hydrogen-bond donors (Lipinski definition) is 1. The van der Waals surface area contributed by atoms with Gasteiger partial charge in [0, 0.05) is 45.7 Å². The van der Waals surface area contributed by atoms with Crippen LogP contribution in [-0.4, -0.2) is 76.7 Å². The molecule has 25 heavy (non-hydrogen) atoms. The van der Waals surface area contributed by atoms with Crippen LogP contribution in [0.5, 0.6) is 0 Å². The normalized spacial score (nSPS) is 20.0. The first-order chi connectivity index (χ1) is 12.2. The number of imide groups is 1. The number of carbonyl (C=O) groups excluding carboxylic acids is 2. The van der Waals surface area contributed by atoms with Crippen LogP contribution in [0.1, 0.15) is 25.7 Å². The zero-order valence-corrected chi connectivity index (χ0v) is 14.8. The van der Waals surface area contributed by atoms with Crippen LogP contribution < -0.4 is 5.32 Å². The number of methoxy groups -OCH3 is 1. The van der Waals surface area contributed by atoms with Crippen molar-refractivity contribution in [2.24, 2.45) is 0 Å². The highest BCUT2D eigenvalue weighted by atomic mass is 16.5. The molecule has 3 amide bonds. The summed E-state index contributed by atoms with van der Waals surface area (Å²) in [6, 6.07) is -0.145. The molecule has 2 aliphatic rings. The van der Waals surface area contributed by atoms with Gasteiger partial charge in [0.15, 0.2) is 0 Å². The lowest BCUT2D eigenvalue weighted by atomic mass is 9.86. The summed E-state index contributed by atoms with van der Waals surface area (Å²) >= 11 is 0. The Morgan fingerprint density at radius 2 is 2.00 bits per heavy atom. The number of imidazole rings is 1. The van der Waals surface area contributed by atoms with Crippen molar-refractivity contribution in [3.05, 3.63) is 18.7 Å². The van der Waals surface area contributed by atoms with E-state index in [1.807, 2.05) is 10.8 Å². The van der Waals surface area contributed by atoms with Gasteiger partial charge < -0.3 is 19.5 Å². The Morgan fingerprint density at radius 1 is 1.20 bits per heavy atom. The Morgan fingerprint density at radius 3 is 2.68 bits per heavy atom. The van der Waals surface area contributed by atoms with Gasteiger partial charge >= 0.3 is 6.03 Å². The van der Waals surface area contributed by atoms with Crippen LogP contribution in [0.25, 0.3) is 0 Å². The molecule has 8 heteroatoms. The molecule has 0 saturated carbocycles. The maximum Gasteiger partial charge on any atom is 0.327 e. The van der Waals surface area contributed by atoms with E-state index in [0.717, 1.165) is 32.5 Å². The predicted molar refractivity (Wildman–Crippen MR) is 92.0 cm³/mol. The van der Waals surface area contributed by atoms with Crippen molar-refractivity contribution in [3.63, 3.8) is 0 Å². The van der Waals surface area contributed by atoms with E-state index in [2.05, 4.69) is 10.3 Å². The molecule has 3 heterocycles. The van der Waals surface area contributed by atoms with Gasteiger partial charge in [-0.15, -0.1) is 0 Å². The summed E-state index contributed by atoms with van der Waals surface area (Å²) in [5.74, 6) is -0.0259. The molecule has 8 nitrogen and oxygen atoms in total. The molecule has 3 rings (SSSR count). The van der Waals surface area contributed by atoms with Crippen molar-refractivity contribution in [2.75, 3.05) is 39.9 Å². The van der Waals surface area contributed by atoms with E-state index in [0.29, 0.717) is 32.5 Å². The van der Waals surface area contributed by atoms with E-state index in [-0.39, 0.29) is 11.9 Å². The summed E-state index contributed by atoms with van der Waals surface area (Å²) in [4.78, 5) is 33.3. The monoisotopic (exact) mass is 349 g/mol. The Balaban J connectivity index is 1.68. The first kappa shape index (κ1) is 17.9. The van der Waals surface area contributed by atoms with Crippen LogP contribution in [0.2, 0.25) is 0 Å². The number of nitrogens with zero attached hydrogens (tertiary/aromatic N) is 4. The zero-order valence-electron chi connectivity index (χ0n) is 14.8. The first-order valence-electron chi connectivity index (χ1n) is 8.98. The fraction of sp³-hybridized carbons (Fsp3) is 0.706. The minimum Gasteiger partial charge on any atom is -0.385 e. The number of urea groups is 1. The first-order valence-corrected chi connectivity index (χ1v) is 8.98. The zero-order chi connectivity index (χ0) is 17.7. The van der Waals surface area contributed by atoms with E-state index < -0.39 is 5.54 Å². The number of piperidine rings is 1. The number of nitrogens with one attached hydrogen (secondary N) is 1. The lowest BCUT2D eigenvalue weighted by Gasteiger charge is -2.38. The number of amides is 3. The summed E-state index contributed by atoms with van der Waals surface area (Å²) in [7, 11) is 1.65. The minimum absolute atomic E-state index is 0.0259. The van der Waals surface area contributed by atoms with Gasteiger partial charge in [-0.3, -0.25) is 9.69 Å². The number of hydrogen-bond acceptors (Lipinski definition) is 5. The van der Waals surface area contributed by atoms with Crippen molar-refractivity contribution in [2.45, 2.75) is 37.8 Å². The van der Waals surface area contributed by atoms with Crippen molar-refractivity contribution in [3.8, 4) is 0 Å².